The highest BCUT2D eigenvalue weighted by molar-refractivity contribution is 5.79. The summed E-state index contributed by atoms with van der Waals surface area (Å²) in [6, 6.07) is 7.92. The molecule has 1 aromatic rings. The summed E-state index contributed by atoms with van der Waals surface area (Å²) in [4.78, 5) is 28.6. The van der Waals surface area contributed by atoms with Crippen molar-refractivity contribution in [2.24, 2.45) is 0 Å². The molecule has 2 fully saturated rings. The molecule has 2 saturated heterocycles. The lowest BCUT2D eigenvalue weighted by atomic mass is 10.1. The van der Waals surface area contributed by atoms with E-state index in [4.69, 9.17) is 9.47 Å². The van der Waals surface area contributed by atoms with Gasteiger partial charge in [-0.05, 0) is 24.1 Å². The van der Waals surface area contributed by atoms with E-state index in [2.05, 4.69) is 5.32 Å². The van der Waals surface area contributed by atoms with Crippen LogP contribution in [0.15, 0.2) is 24.3 Å². The topological polar surface area (TPSA) is 71.1 Å². The van der Waals surface area contributed by atoms with Crippen LogP contribution in [0, 0.1) is 0 Å². The number of benzene rings is 1. The van der Waals surface area contributed by atoms with Crippen LogP contribution in [0.3, 0.4) is 0 Å². The molecule has 7 heteroatoms. The molecule has 1 N–H and O–H groups in total. The van der Waals surface area contributed by atoms with Gasteiger partial charge in [-0.1, -0.05) is 12.1 Å². The van der Waals surface area contributed by atoms with Crippen LogP contribution in [0.4, 0.5) is 0 Å². The first kappa shape index (κ1) is 19.6. The number of hydrogen-bond donors (Lipinski definition) is 1. The SMILES string of the molecule is COc1ccc(CCC(=O)N2CCN(C(=O)CC3COCCN3)CC2)cc1. The molecule has 2 aliphatic rings. The third-order valence-corrected chi connectivity index (χ3v) is 5.19. The molecule has 2 aliphatic heterocycles. The van der Waals surface area contributed by atoms with E-state index in [-0.39, 0.29) is 17.9 Å². The molecule has 3 rings (SSSR count). The fourth-order valence-electron chi connectivity index (χ4n) is 3.50. The molecule has 0 bridgehead atoms. The van der Waals surface area contributed by atoms with Crippen molar-refractivity contribution in [3.05, 3.63) is 29.8 Å². The van der Waals surface area contributed by atoms with E-state index >= 15 is 0 Å². The zero-order valence-electron chi connectivity index (χ0n) is 16.0. The van der Waals surface area contributed by atoms with Crippen LogP contribution in [0.2, 0.25) is 0 Å². The molecule has 2 amide bonds. The number of hydrogen-bond acceptors (Lipinski definition) is 5. The number of nitrogens with one attached hydrogen (secondary N) is 1. The van der Waals surface area contributed by atoms with Gasteiger partial charge in [0.15, 0.2) is 0 Å². The van der Waals surface area contributed by atoms with Crippen molar-refractivity contribution in [2.75, 3.05) is 53.0 Å². The Morgan fingerprint density at radius 3 is 2.37 bits per heavy atom. The maximum Gasteiger partial charge on any atom is 0.224 e. The van der Waals surface area contributed by atoms with Gasteiger partial charge in [-0.3, -0.25) is 9.59 Å². The number of aryl methyl sites for hydroxylation is 1. The Balaban J connectivity index is 1.38. The molecule has 2 heterocycles. The van der Waals surface area contributed by atoms with Crippen molar-refractivity contribution in [1.82, 2.24) is 15.1 Å². The molecule has 1 aromatic carbocycles. The molecule has 1 atom stereocenters. The standard InChI is InChI=1S/C20H29N3O4/c1-26-18-5-2-16(3-6-18)4-7-19(24)22-9-11-23(12-10-22)20(25)14-17-15-27-13-8-21-17/h2-3,5-6,17,21H,4,7-15H2,1H3. The minimum Gasteiger partial charge on any atom is -0.497 e. The minimum absolute atomic E-state index is 0.107. The zero-order chi connectivity index (χ0) is 19.1. The number of piperazine rings is 1. The summed E-state index contributed by atoms with van der Waals surface area (Å²) in [5.74, 6) is 1.12. The normalized spacial score (nSPS) is 20.4. The number of ether oxygens (including phenoxy) is 2. The summed E-state index contributed by atoms with van der Waals surface area (Å²) >= 11 is 0. The van der Waals surface area contributed by atoms with E-state index < -0.39 is 0 Å². The Morgan fingerprint density at radius 2 is 1.78 bits per heavy atom. The minimum atomic E-state index is 0.107. The highest BCUT2D eigenvalue weighted by atomic mass is 16.5. The summed E-state index contributed by atoms with van der Waals surface area (Å²) in [7, 11) is 1.64. The van der Waals surface area contributed by atoms with Crippen molar-refractivity contribution in [3.8, 4) is 5.75 Å². The van der Waals surface area contributed by atoms with Gasteiger partial charge in [0.05, 0.1) is 20.3 Å². The van der Waals surface area contributed by atoms with Gasteiger partial charge >= 0.3 is 0 Å². The maximum atomic E-state index is 12.5. The lowest BCUT2D eigenvalue weighted by Gasteiger charge is -2.36. The summed E-state index contributed by atoms with van der Waals surface area (Å²) in [6.45, 7) is 4.55. The highest BCUT2D eigenvalue weighted by Gasteiger charge is 2.26. The van der Waals surface area contributed by atoms with Crippen molar-refractivity contribution >= 4 is 11.8 Å². The molecule has 7 nitrogen and oxygen atoms in total. The summed E-state index contributed by atoms with van der Waals surface area (Å²) in [6.07, 6.45) is 1.67. The molecular weight excluding hydrogens is 346 g/mol. The fourth-order valence-corrected chi connectivity index (χ4v) is 3.50. The van der Waals surface area contributed by atoms with Gasteiger partial charge in [-0.25, -0.2) is 0 Å². The van der Waals surface area contributed by atoms with Gasteiger partial charge in [-0.15, -0.1) is 0 Å². The third-order valence-electron chi connectivity index (χ3n) is 5.19. The molecule has 0 saturated carbocycles. The smallest absolute Gasteiger partial charge is 0.224 e. The maximum absolute atomic E-state index is 12.5. The number of morpholine rings is 1. The van der Waals surface area contributed by atoms with Crippen LogP contribution in [0.1, 0.15) is 18.4 Å². The molecule has 0 aliphatic carbocycles. The van der Waals surface area contributed by atoms with Crippen LogP contribution in [-0.2, 0) is 20.7 Å². The average molecular weight is 375 g/mol. The van der Waals surface area contributed by atoms with E-state index in [1.165, 1.54) is 0 Å². The number of methoxy groups -OCH3 is 1. The third kappa shape index (κ3) is 5.68. The van der Waals surface area contributed by atoms with Crippen LogP contribution in [0.5, 0.6) is 5.75 Å². The lowest BCUT2D eigenvalue weighted by Crippen LogP contribution is -2.52. The second-order valence-corrected chi connectivity index (χ2v) is 7.04. The number of nitrogens with zero attached hydrogens (tertiary/aromatic N) is 2. The quantitative estimate of drug-likeness (QED) is 0.792. The molecule has 1 unspecified atom stereocenters. The summed E-state index contributed by atoms with van der Waals surface area (Å²) in [5, 5.41) is 3.31. The van der Waals surface area contributed by atoms with Crippen LogP contribution in [-0.4, -0.2) is 80.7 Å². The first-order valence-corrected chi connectivity index (χ1v) is 9.65. The number of carbonyl (C=O) groups is 2. The monoisotopic (exact) mass is 375 g/mol. The molecule has 0 spiro atoms. The largest absolute Gasteiger partial charge is 0.497 e. The van der Waals surface area contributed by atoms with E-state index in [9.17, 15) is 9.59 Å². The van der Waals surface area contributed by atoms with Crippen LogP contribution >= 0.6 is 0 Å². The van der Waals surface area contributed by atoms with Gasteiger partial charge in [0.25, 0.3) is 0 Å². The molecule has 27 heavy (non-hydrogen) atoms. The first-order valence-electron chi connectivity index (χ1n) is 9.65. The fraction of sp³-hybridized carbons (Fsp3) is 0.600. The Bertz CT molecular complexity index is 621. The van der Waals surface area contributed by atoms with Crippen molar-refractivity contribution in [1.29, 1.82) is 0 Å². The van der Waals surface area contributed by atoms with E-state index in [0.717, 1.165) is 24.3 Å². The van der Waals surface area contributed by atoms with Crippen molar-refractivity contribution < 1.29 is 19.1 Å². The number of carbonyl (C=O) groups excluding carboxylic acids is 2. The molecule has 0 radical (unpaired) electrons. The predicted octanol–water partition coefficient (Wildman–Crippen LogP) is 0.677. The van der Waals surface area contributed by atoms with Gasteiger partial charge in [0, 0.05) is 51.6 Å². The van der Waals surface area contributed by atoms with Gasteiger partial charge in [-0.2, -0.15) is 0 Å². The van der Waals surface area contributed by atoms with E-state index in [1.54, 1.807) is 7.11 Å². The average Bonchev–Trinajstić information content (AvgIpc) is 2.73. The second-order valence-electron chi connectivity index (χ2n) is 7.04. The molecule has 148 valence electrons. The van der Waals surface area contributed by atoms with Gasteiger partial charge in [0.2, 0.25) is 11.8 Å². The summed E-state index contributed by atoms with van der Waals surface area (Å²) in [5.41, 5.74) is 1.13. The lowest BCUT2D eigenvalue weighted by molar-refractivity contribution is -0.140. The Labute approximate surface area is 160 Å². The van der Waals surface area contributed by atoms with E-state index in [1.807, 2.05) is 34.1 Å². The number of amides is 2. The van der Waals surface area contributed by atoms with Crippen LogP contribution < -0.4 is 10.1 Å². The molecular formula is C20H29N3O4. The highest BCUT2D eigenvalue weighted by Crippen LogP contribution is 2.14. The Morgan fingerprint density at radius 1 is 1.11 bits per heavy atom. The second kappa shape index (κ2) is 9.71. The van der Waals surface area contributed by atoms with Crippen molar-refractivity contribution in [3.63, 3.8) is 0 Å². The van der Waals surface area contributed by atoms with Crippen molar-refractivity contribution in [2.45, 2.75) is 25.3 Å². The van der Waals surface area contributed by atoms with Gasteiger partial charge in [0.1, 0.15) is 5.75 Å². The Hall–Kier alpha value is -2.12. The predicted molar refractivity (Wildman–Crippen MR) is 102 cm³/mol. The Kier molecular flexibility index (Phi) is 7.06. The van der Waals surface area contributed by atoms with E-state index in [0.29, 0.717) is 52.2 Å². The summed E-state index contributed by atoms with van der Waals surface area (Å²) < 4.78 is 10.6. The van der Waals surface area contributed by atoms with Crippen LogP contribution in [0.25, 0.3) is 0 Å². The van der Waals surface area contributed by atoms with Gasteiger partial charge < -0.3 is 24.6 Å². The number of rotatable bonds is 6. The first-order chi connectivity index (χ1) is 13.2. The molecule has 0 aromatic heterocycles. The zero-order valence-corrected chi connectivity index (χ0v) is 16.0.